The van der Waals surface area contributed by atoms with Crippen LogP contribution in [0, 0.1) is 0 Å². The number of rotatable bonds is 8. The highest BCUT2D eigenvalue weighted by Crippen LogP contribution is 2.11. The minimum absolute atomic E-state index is 0.194. The maximum Gasteiger partial charge on any atom is 0.305 e. The highest BCUT2D eigenvalue weighted by Gasteiger charge is 2.06. The Bertz CT molecular complexity index is 921. The third kappa shape index (κ3) is 5.23. The maximum atomic E-state index is 11.3. The second-order valence-electron chi connectivity index (χ2n) is 5.78. The maximum absolute atomic E-state index is 11.3. The predicted molar refractivity (Wildman–Crippen MR) is 105 cm³/mol. The van der Waals surface area contributed by atoms with E-state index in [-0.39, 0.29) is 5.97 Å². The van der Waals surface area contributed by atoms with E-state index in [4.69, 9.17) is 17.0 Å². The van der Waals surface area contributed by atoms with E-state index < -0.39 is 0 Å². The van der Waals surface area contributed by atoms with Crippen molar-refractivity contribution in [2.75, 3.05) is 18.5 Å². The first kappa shape index (κ1) is 18.8. The summed E-state index contributed by atoms with van der Waals surface area (Å²) in [4.78, 5) is 11.3. The van der Waals surface area contributed by atoms with Crippen molar-refractivity contribution in [1.29, 1.82) is 0 Å². The van der Waals surface area contributed by atoms with E-state index in [1.54, 1.807) is 22.5 Å². The van der Waals surface area contributed by atoms with Crippen LogP contribution >= 0.6 is 12.2 Å². The van der Waals surface area contributed by atoms with Crippen molar-refractivity contribution in [3.63, 3.8) is 0 Å². The molecule has 0 spiro atoms. The van der Waals surface area contributed by atoms with Gasteiger partial charge in [0.2, 0.25) is 0 Å². The molecule has 0 aliphatic carbocycles. The monoisotopic (exact) mass is 387 g/mol. The summed E-state index contributed by atoms with van der Waals surface area (Å²) in [5.74, 6) is -0.194. The minimum atomic E-state index is -0.194. The molecule has 2 heterocycles. The van der Waals surface area contributed by atoms with E-state index >= 15 is 0 Å². The fraction of sp³-hybridized carbons (Fsp3) is 0.353. The zero-order valence-electron chi connectivity index (χ0n) is 15.0. The Morgan fingerprint density at radius 3 is 3.04 bits per heavy atom. The van der Waals surface area contributed by atoms with Crippen LogP contribution in [0.4, 0.5) is 5.69 Å². The number of hydrogen-bond acceptors (Lipinski definition) is 6. The Labute approximate surface area is 161 Å². The van der Waals surface area contributed by atoms with Gasteiger partial charge < -0.3 is 15.4 Å². The summed E-state index contributed by atoms with van der Waals surface area (Å²) >= 11 is 5.25. The number of para-hydroxylation sites is 1. The summed E-state index contributed by atoms with van der Waals surface area (Å²) < 4.78 is 8.40. The molecule has 0 radical (unpaired) electrons. The summed E-state index contributed by atoms with van der Waals surface area (Å²) in [5.41, 5.74) is 2.56. The minimum Gasteiger partial charge on any atom is -0.466 e. The molecule has 0 amide bonds. The van der Waals surface area contributed by atoms with E-state index in [9.17, 15) is 4.79 Å². The van der Waals surface area contributed by atoms with Gasteiger partial charge >= 0.3 is 5.97 Å². The molecule has 3 rings (SSSR count). The molecule has 27 heavy (non-hydrogen) atoms. The van der Waals surface area contributed by atoms with Crippen molar-refractivity contribution >= 4 is 40.0 Å². The van der Waals surface area contributed by atoms with Crippen molar-refractivity contribution in [3.05, 3.63) is 36.7 Å². The number of benzene rings is 1. The number of carbonyl (C=O) groups is 1. The lowest BCUT2D eigenvalue weighted by molar-refractivity contribution is -0.143. The Hall–Kier alpha value is -3.01. The van der Waals surface area contributed by atoms with Crippen LogP contribution in [0.25, 0.3) is 11.0 Å². The fourth-order valence-electron chi connectivity index (χ4n) is 2.51. The second kappa shape index (κ2) is 9.08. The van der Waals surface area contributed by atoms with Crippen LogP contribution in [0.1, 0.15) is 19.8 Å². The third-order valence-electron chi connectivity index (χ3n) is 3.74. The van der Waals surface area contributed by atoms with Gasteiger partial charge in [0.1, 0.15) is 12.2 Å². The second-order valence-corrected chi connectivity index (χ2v) is 6.19. The van der Waals surface area contributed by atoms with E-state index in [1.807, 2.05) is 30.5 Å². The Kier molecular flexibility index (Phi) is 6.31. The van der Waals surface area contributed by atoms with Crippen molar-refractivity contribution in [3.8, 4) is 0 Å². The molecule has 0 aliphatic heterocycles. The predicted octanol–water partition coefficient (Wildman–Crippen LogP) is 1.76. The average molecular weight is 387 g/mol. The van der Waals surface area contributed by atoms with Crippen molar-refractivity contribution in [1.82, 2.24) is 30.1 Å². The van der Waals surface area contributed by atoms with Crippen molar-refractivity contribution in [2.45, 2.75) is 26.4 Å². The first-order valence-electron chi connectivity index (χ1n) is 8.67. The van der Waals surface area contributed by atoms with E-state index in [0.29, 0.717) is 37.8 Å². The zero-order chi connectivity index (χ0) is 19.1. The molecule has 0 bridgehead atoms. The molecule has 9 nitrogen and oxygen atoms in total. The normalized spacial score (nSPS) is 10.7. The highest BCUT2D eigenvalue weighted by atomic mass is 32.1. The fourth-order valence-corrected chi connectivity index (χ4v) is 2.73. The number of esters is 1. The SMILES string of the molecule is CCOC(=O)CCCNC(=S)Nc1cnn(Cn2nnc3ccccc32)c1. The molecule has 0 fully saturated rings. The van der Waals surface area contributed by atoms with Gasteiger partial charge in [-0.3, -0.25) is 4.79 Å². The smallest absolute Gasteiger partial charge is 0.305 e. The largest absolute Gasteiger partial charge is 0.466 e. The number of aromatic nitrogens is 5. The van der Waals surface area contributed by atoms with E-state index in [0.717, 1.165) is 16.7 Å². The Morgan fingerprint density at radius 1 is 1.33 bits per heavy atom. The van der Waals surface area contributed by atoms with Gasteiger partial charge in [-0.1, -0.05) is 17.3 Å². The number of carbonyl (C=O) groups excluding carboxylic acids is 1. The van der Waals surface area contributed by atoms with Crippen LogP contribution in [-0.4, -0.2) is 49.0 Å². The molecular formula is C17H21N7O2S. The average Bonchev–Trinajstić information content (AvgIpc) is 3.27. The molecule has 0 saturated heterocycles. The summed E-state index contributed by atoms with van der Waals surface area (Å²) in [6.07, 6.45) is 4.54. The van der Waals surface area contributed by atoms with Gasteiger partial charge in [-0.05, 0) is 37.7 Å². The quantitative estimate of drug-likeness (QED) is 0.343. The standard InChI is InChI=1S/C17H21N7O2S/c1-2-26-16(25)8-5-9-18-17(27)20-13-10-19-23(11-13)12-24-15-7-4-3-6-14(15)21-22-24/h3-4,6-7,10-11H,2,5,8-9,12H2,1H3,(H2,18,20,27). The van der Waals surface area contributed by atoms with Gasteiger partial charge in [0, 0.05) is 13.0 Å². The first-order chi connectivity index (χ1) is 13.2. The van der Waals surface area contributed by atoms with Crippen LogP contribution in [0.5, 0.6) is 0 Å². The number of nitrogens with zero attached hydrogens (tertiary/aromatic N) is 5. The van der Waals surface area contributed by atoms with E-state index in [2.05, 4.69) is 26.0 Å². The molecule has 3 aromatic rings. The van der Waals surface area contributed by atoms with Gasteiger partial charge in [0.05, 0.1) is 30.2 Å². The van der Waals surface area contributed by atoms with Gasteiger partial charge in [-0.15, -0.1) is 5.10 Å². The molecule has 1 aromatic carbocycles. The number of hydrogen-bond donors (Lipinski definition) is 2. The lowest BCUT2D eigenvalue weighted by Crippen LogP contribution is -2.29. The molecule has 0 saturated carbocycles. The third-order valence-corrected chi connectivity index (χ3v) is 3.99. The van der Waals surface area contributed by atoms with Crippen molar-refractivity contribution in [2.24, 2.45) is 0 Å². The van der Waals surface area contributed by atoms with Crippen LogP contribution in [0.3, 0.4) is 0 Å². The lowest BCUT2D eigenvalue weighted by Gasteiger charge is -2.08. The van der Waals surface area contributed by atoms with Gasteiger partial charge in [-0.25, -0.2) is 9.36 Å². The molecule has 0 atom stereocenters. The summed E-state index contributed by atoms with van der Waals surface area (Å²) in [7, 11) is 0. The summed E-state index contributed by atoms with van der Waals surface area (Å²) in [6.45, 7) is 3.23. The summed E-state index contributed by atoms with van der Waals surface area (Å²) in [5, 5.41) is 19.2. The Morgan fingerprint density at radius 2 is 2.19 bits per heavy atom. The Balaban J connectivity index is 1.46. The number of fused-ring (bicyclic) bond motifs is 1. The molecule has 2 N–H and O–H groups in total. The number of thiocarbonyl (C=S) groups is 1. The van der Waals surface area contributed by atoms with Crippen LogP contribution in [0.15, 0.2) is 36.7 Å². The number of nitrogens with one attached hydrogen (secondary N) is 2. The van der Waals surface area contributed by atoms with Crippen LogP contribution < -0.4 is 10.6 Å². The highest BCUT2D eigenvalue weighted by molar-refractivity contribution is 7.80. The molecule has 142 valence electrons. The van der Waals surface area contributed by atoms with Gasteiger partial charge in [0.25, 0.3) is 0 Å². The van der Waals surface area contributed by atoms with E-state index in [1.165, 1.54) is 0 Å². The topological polar surface area (TPSA) is 98.9 Å². The number of anilines is 1. The van der Waals surface area contributed by atoms with Crippen molar-refractivity contribution < 1.29 is 9.53 Å². The van der Waals surface area contributed by atoms with Crippen LogP contribution in [-0.2, 0) is 16.2 Å². The van der Waals surface area contributed by atoms with Gasteiger partial charge in [0.15, 0.2) is 5.11 Å². The summed E-state index contributed by atoms with van der Waals surface area (Å²) in [6, 6.07) is 7.76. The molecule has 0 aliphatic rings. The number of ether oxygens (including phenoxy) is 1. The zero-order valence-corrected chi connectivity index (χ0v) is 15.8. The van der Waals surface area contributed by atoms with Crippen LogP contribution in [0.2, 0.25) is 0 Å². The lowest BCUT2D eigenvalue weighted by atomic mass is 10.3. The van der Waals surface area contributed by atoms with Gasteiger partial charge in [-0.2, -0.15) is 5.10 Å². The molecule has 10 heteroatoms. The molecular weight excluding hydrogens is 366 g/mol. The molecule has 2 aromatic heterocycles. The molecule has 0 unspecified atom stereocenters. The first-order valence-corrected chi connectivity index (χ1v) is 9.07.